The van der Waals surface area contributed by atoms with Gasteiger partial charge < -0.3 is 11.5 Å². The monoisotopic (exact) mass is 252 g/mol. The van der Waals surface area contributed by atoms with Crippen LogP contribution in [0.3, 0.4) is 0 Å². The van der Waals surface area contributed by atoms with E-state index in [1.165, 1.54) is 21.9 Å². The first kappa shape index (κ1) is 11.8. The lowest BCUT2D eigenvalue weighted by Gasteiger charge is -2.09. The van der Waals surface area contributed by atoms with E-state index in [0.29, 0.717) is 0 Å². The van der Waals surface area contributed by atoms with Gasteiger partial charge in [0.1, 0.15) is 7.05 Å². The molecule has 0 spiro atoms. The summed E-state index contributed by atoms with van der Waals surface area (Å²) in [6, 6.07) is 12.2. The van der Waals surface area contributed by atoms with Gasteiger partial charge >= 0.3 is 0 Å². The maximum atomic E-state index is 5.94. The number of pyridine rings is 1. The van der Waals surface area contributed by atoms with Gasteiger partial charge in [0.2, 0.25) is 5.52 Å². The quantitative estimate of drug-likeness (QED) is 0.397. The zero-order chi connectivity index (χ0) is 13.6. The first-order valence-corrected chi connectivity index (χ1v) is 6.51. The van der Waals surface area contributed by atoms with Gasteiger partial charge in [-0.2, -0.15) is 4.57 Å². The number of hydrogen-bond acceptors (Lipinski definition) is 2. The van der Waals surface area contributed by atoms with Crippen molar-refractivity contribution >= 4 is 33.1 Å². The van der Waals surface area contributed by atoms with E-state index in [1.54, 1.807) is 0 Å². The molecule has 4 N–H and O–H groups in total. The average Bonchev–Trinajstić information content (AvgIpc) is 2.39. The normalized spacial score (nSPS) is 11.3. The lowest BCUT2D eigenvalue weighted by atomic mass is 10.0. The second-order valence-electron chi connectivity index (χ2n) is 4.94. The third-order valence-corrected chi connectivity index (χ3v) is 3.77. The van der Waals surface area contributed by atoms with Gasteiger partial charge in [0.25, 0.3) is 0 Å². The fraction of sp³-hybridized carbons (Fsp3) is 0.188. The highest BCUT2D eigenvalue weighted by molar-refractivity contribution is 6.06. The van der Waals surface area contributed by atoms with E-state index in [2.05, 4.69) is 36.7 Å². The van der Waals surface area contributed by atoms with Gasteiger partial charge in [-0.15, -0.1) is 0 Å². The van der Waals surface area contributed by atoms with Crippen molar-refractivity contribution in [2.75, 3.05) is 11.5 Å². The van der Waals surface area contributed by atoms with E-state index in [1.807, 2.05) is 18.2 Å². The fourth-order valence-electron chi connectivity index (χ4n) is 2.84. The first-order chi connectivity index (χ1) is 9.11. The molecule has 19 heavy (non-hydrogen) atoms. The molecule has 0 aliphatic rings. The van der Waals surface area contributed by atoms with Crippen LogP contribution in [0.2, 0.25) is 0 Å². The summed E-state index contributed by atoms with van der Waals surface area (Å²) in [5.41, 5.74) is 15.9. The molecule has 0 unspecified atom stereocenters. The third-order valence-electron chi connectivity index (χ3n) is 3.77. The molecule has 1 heterocycles. The highest BCUT2D eigenvalue weighted by Crippen LogP contribution is 2.28. The highest BCUT2D eigenvalue weighted by atomic mass is 14.9. The molecule has 2 aromatic carbocycles. The van der Waals surface area contributed by atoms with Crippen molar-refractivity contribution in [3.63, 3.8) is 0 Å². The molecule has 3 rings (SSSR count). The minimum absolute atomic E-state index is 0.792. The lowest BCUT2D eigenvalue weighted by Crippen LogP contribution is -2.34. The SMILES string of the molecule is CCc1c2cc(N)ccc2c2ccc(N)cc2[n+]1C. The molecule has 3 heteroatoms. The van der Waals surface area contributed by atoms with Crippen LogP contribution in [0, 0.1) is 0 Å². The summed E-state index contributed by atoms with van der Waals surface area (Å²) in [5.74, 6) is 0. The van der Waals surface area contributed by atoms with Crippen LogP contribution in [-0.2, 0) is 13.5 Å². The van der Waals surface area contributed by atoms with E-state index in [4.69, 9.17) is 11.5 Å². The van der Waals surface area contributed by atoms with Crippen molar-refractivity contribution in [1.82, 2.24) is 0 Å². The Morgan fingerprint density at radius 3 is 2.21 bits per heavy atom. The molecule has 0 fully saturated rings. The van der Waals surface area contributed by atoms with E-state index in [9.17, 15) is 0 Å². The minimum atomic E-state index is 0.792. The summed E-state index contributed by atoms with van der Waals surface area (Å²) in [5, 5.41) is 3.67. The largest absolute Gasteiger partial charge is 0.399 e. The molecular formula is C16H18N3+. The van der Waals surface area contributed by atoms with E-state index < -0.39 is 0 Å². The Labute approximate surface area is 112 Å². The zero-order valence-electron chi connectivity index (χ0n) is 11.3. The van der Waals surface area contributed by atoms with Crippen LogP contribution in [0.25, 0.3) is 21.7 Å². The summed E-state index contributed by atoms with van der Waals surface area (Å²) < 4.78 is 2.22. The topological polar surface area (TPSA) is 55.9 Å². The van der Waals surface area contributed by atoms with Crippen LogP contribution in [0.1, 0.15) is 12.6 Å². The van der Waals surface area contributed by atoms with Crippen LogP contribution in [0.4, 0.5) is 11.4 Å². The second kappa shape index (κ2) is 4.12. The van der Waals surface area contributed by atoms with Gasteiger partial charge in [0.15, 0.2) is 5.69 Å². The first-order valence-electron chi connectivity index (χ1n) is 6.51. The number of aromatic nitrogens is 1. The molecule has 1 aromatic heterocycles. The van der Waals surface area contributed by atoms with Crippen molar-refractivity contribution in [3.05, 3.63) is 42.1 Å². The third kappa shape index (κ3) is 1.70. The van der Waals surface area contributed by atoms with Crippen LogP contribution < -0.4 is 16.0 Å². The maximum Gasteiger partial charge on any atom is 0.215 e. The van der Waals surface area contributed by atoms with E-state index >= 15 is 0 Å². The predicted octanol–water partition coefficient (Wildman–Crippen LogP) is 2.54. The van der Waals surface area contributed by atoms with Crippen molar-refractivity contribution in [3.8, 4) is 0 Å². The van der Waals surface area contributed by atoms with Crippen molar-refractivity contribution in [2.45, 2.75) is 13.3 Å². The van der Waals surface area contributed by atoms with E-state index in [-0.39, 0.29) is 0 Å². The van der Waals surface area contributed by atoms with Crippen LogP contribution >= 0.6 is 0 Å². The van der Waals surface area contributed by atoms with E-state index in [0.717, 1.165) is 23.3 Å². The molecule has 96 valence electrons. The maximum absolute atomic E-state index is 5.94. The Kier molecular flexibility index (Phi) is 2.56. The molecule has 3 nitrogen and oxygen atoms in total. The summed E-state index contributed by atoms with van der Waals surface area (Å²) in [7, 11) is 2.09. The van der Waals surface area contributed by atoms with Crippen molar-refractivity contribution < 1.29 is 4.57 Å². The molecule has 0 bridgehead atoms. The van der Waals surface area contributed by atoms with Gasteiger partial charge in [-0.25, -0.2) is 0 Å². The van der Waals surface area contributed by atoms with Crippen molar-refractivity contribution in [1.29, 1.82) is 0 Å². The molecule has 0 aliphatic heterocycles. The number of nitrogens with zero attached hydrogens (tertiary/aromatic N) is 1. The number of anilines is 2. The molecule has 0 saturated heterocycles. The Morgan fingerprint density at radius 2 is 1.53 bits per heavy atom. The summed E-state index contributed by atoms with van der Waals surface area (Å²) in [6.07, 6.45) is 0.960. The number of hydrogen-bond donors (Lipinski definition) is 2. The van der Waals surface area contributed by atoms with Crippen molar-refractivity contribution in [2.24, 2.45) is 7.05 Å². The number of fused-ring (bicyclic) bond motifs is 3. The molecule has 3 aromatic rings. The second-order valence-corrected chi connectivity index (χ2v) is 4.94. The number of nitrogens with two attached hydrogens (primary N) is 2. The molecule has 0 atom stereocenters. The molecule has 0 amide bonds. The summed E-state index contributed by atoms with van der Waals surface area (Å²) in [4.78, 5) is 0. The molecule has 0 radical (unpaired) electrons. The number of benzene rings is 2. The highest BCUT2D eigenvalue weighted by Gasteiger charge is 2.17. The number of nitrogen functional groups attached to an aromatic ring is 2. The Morgan fingerprint density at radius 1 is 0.895 bits per heavy atom. The standard InChI is InChI=1S/C16H17N3/c1-3-15-14-8-10(17)4-6-12(14)13-7-5-11(18)9-16(13)19(15)2/h4-9,18H,3,17H2,1-2H3/p+1. The summed E-state index contributed by atoms with van der Waals surface area (Å²) in [6.45, 7) is 2.16. The summed E-state index contributed by atoms with van der Waals surface area (Å²) >= 11 is 0. The number of rotatable bonds is 1. The van der Waals surface area contributed by atoms with Gasteiger partial charge in [-0.3, -0.25) is 0 Å². The van der Waals surface area contributed by atoms with Crippen LogP contribution in [-0.4, -0.2) is 0 Å². The minimum Gasteiger partial charge on any atom is -0.399 e. The van der Waals surface area contributed by atoms with Crippen LogP contribution in [0.15, 0.2) is 36.4 Å². The zero-order valence-corrected chi connectivity index (χ0v) is 11.3. The van der Waals surface area contributed by atoms with Gasteiger partial charge in [-0.1, -0.05) is 13.0 Å². The predicted molar refractivity (Wildman–Crippen MR) is 80.8 cm³/mol. The Balaban J connectivity index is 2.60. The molecule has 0 saturated carbocycles. The van der Waals surface area contributed by atoms with Crippen LogP contribution in [0.5, 0.6) is 0 Å². The Bertz CT molecular complexity index is 791. The smallest absolute Gasteiger partial charge is 0.215 e. The Hall–Kier alpha value is -2.29. The molecular weight excluding hydrogens is 234 g/mol. The average molecular weight is 252 g/mol. The lowest BCUT2D eigenvalue weighted by molar-refractivity contribution is -0.651. The van der Waals surface area contributed by atoms with Gasteiger partial charge in [0, 0.05) is 29.2 Å². The fourth-order valence-corrected chi connectivity index (χ4v) is 2.84. The number of aryl methyl sites for hydroxylation is 2. The van der Waals surface area contributed by atoms with Gasteiger partial charge in [0.05, 0.1) is 10.8 Å². The van der Waals surface area contributed by atoms with Gasteiger partial charge in [-0.05, 0) is 24.3 Å². The molecule has 0 aliphatic carbocycles.